The predicted octanol–water partition coefficient (Wildman–Crippen LogP) is 2.60. The van der Waals surface area contributed by atoms with Crippen molar-refractivity contribution in [3.63, 3.8) is 0 Å². The van der Waals surface area contributed by atoms with Gasteiger partial charge >= 0.3 is 0 Å². The van der Waals surface area contributed by atoms with Gasteiger partial charge in [0.15, 0.2) is 0 Å². The van der Waals surface area contributed by atoms with Gasteiger partial charge in [-0.3, -0.25) is 19.7 Å². The van der Waals surface area contributed by atoms with Crippen molar-refractivity contribution in [1.82, 2.24) is 0 Å². The van der Waals surface area contributed by atoms with Gasteiger partial charge in [0, 0.05) is 36.9 Å². The van der Waals surface area contributed by atoms with Gasteiger partial charge in [0.2, 0.25) is 11.8 Å². The standard InChI is InChI=1S/C18H17N3O5/c1-26-16-7-2-4-13(9-16)19-18(23)12-8-17(22)20(11-12)14-5-3-6-15(10-14)21(24)25/h2-7,9-10,12H,8,11H2,1H3,(H,19,23)/t12-/m1/s1. The van der Waals surface area contributed by atoms with Crippen LogP contribution in [0.4, 0.5) is 17.1 Å². The number of nitro groups is 1. The van der Waals surface area contributed by atoms with Crippen LogP contribution in [0.25, 0.3) is 0 Å². The smallest absolute Gasteiger partial charge is 0.271 e. The first kappa shape index (κ1) is 17.4. The highest BCUT2D eigenvalue weighted by atomic mass is 16.6. The molecule has 0 spiro atoms. The number of hydrogen-bond acceptors (Lipinski definition) is 5. The largest absolute Gasteiger partial charge is 0.497 e. The Hall–Kier alpha value is -3.42. The fourth-order valence-electron chi connectivity index (χ4n) is 2.85. The number of hydrogen-bond donors (Lipinski definition) is 1. The molecule has 0 radical (unpaired) electrons. The first-order chi connectivity index (χ1) is 12.5. The van der Waals surface area contributed by atoms with E-state index in [4.69, 9.17) is 4.74 Å². The van der Waals surface area contributed by atoms with Gasteiger partial charge < -0.3 is 15.0 Å². The molecule has 2 amide bonds. The number of benzene rings is 2. The quantitative estimate of drug-likeness (QED) is 0.656. The van der Waals surface area contributed by atoms with Gasteiger partial charge in [-0.2, -0.15) is 0 Å². The van der Waals surface area contributed by atoms with Crippen molar-refractivity contribution in [1.29, 1.82) is 0 Å². The summed E-state index contributed by atoms with van der Waals surface area (Å²) in [5.74, 6) is -0.438. The lowest BCUT2D eigenvalue weighted by Gasteiger charge is -2.16. The van der Waals surface area contributed by atoms with E-state index in [1.807, 2.05) is 0 Å². The third-order valence-corrected chi connectivity index (χ3v) is 4.19. The van der Waals surface area contributed by atoms with Crippen LogP contribution in [-0.2, 0) is 9.59 Å². The Morgan fingerprint density at radius 1 is 1.27 bits per heavy atom. The SMILES string of the molecule is COc1cccc(NC(=O)[C@@H]2CC(=O)N(c3cccc([N+](=O)[O-])c3)C2)c1. The second-order valence-electron chi connectivity index (χ2n) is 5.90. The Morgan fingerprint density at radius 2 is 2.04 bits per heavy atom. The Labute approximate surface area is 149 Å². The van der Waals surface area contributed by atoms with Crippen molar-refractivity contribution in [2.24, 2.45) is 5.92 Å². The highest BCUT2D eigenvalue weighted by molar-refractivity contribution is 6.03. The topological polar surface area (TPSA) is 102 Å². The molecule has 0 aromatic heterocycles. The number of anilines is 2. The molecule has 1 heterocycles. The zero-order valence-corrected chi connectivity index (χ0v) is 14.0. The van der Waals surface area contributed by atoms with Gasteiger partial charge in [-0.25, -0.2) is 0 Å². The maximum Gasteiger partial charge on any atom is 0.271 e. The van der Waals surface area contributed by atoms with Crippen LogP contribution < -0.4 is 15.0 Å². The van der Waals surface area contributed by atoms with Crippen LogP contribution >= 0.6 is 0 Å². The number of carbonyl (C=O) groups is 2. The molecule has 2 aromatic rings. The number of methoxy groups -OCH3 is 1. The van der Waals surface area contributed by atoms with Gasteiger partial charge in [0.25, 0.3) is 5.69 Å². The summed E-state index contributed by atoms with van der Waals surface area (Å²) in [5.41, 5.74) is 0.899. The van der Waals surface area contributed by atoms with Crippen LogP contribution in [0.1, 0.15) is 6.42 Å². The molecule has 0 aliphatic carbocycles. The zero-order valence-electron chi connectivity index (χ0n) is 14.0. The van der Waals surface area contributed by atoms with Crippen molar-refractivity contribution in [2.75, 3.05) is 23.9 Å². The molecule has 26 heavy (non-hydrogen) atoms. The number of carbonyl (C=O) groups excluding carboxylic acids is 2. The van der Waals surface area contributed by atoms with E-state index in [1.54, 1.807) is 30.3 Å². The van der Waals surface area contributed by atoms with Crippen molar-refractivity contribution in [3.05, 3.63) is 58.6 Å². The molecule has 0 saturated carbocycles. The summed E-state index contributed by atoms with van der Waals surface area (Å²) in [6.45, 7) is 0.176. The molecular weight excluding hydrogens is 338 g/mol. The fraction of sp³-hybridized carbons (Fsp3) is 0.222. The lowest BCUT2D eigenvalue weighted by molar-refractivity contribution is -0.384. The molecule has 0 bridgehead atoms. The number of nitrogens with zero attached hydrogens (tertiary/aromatic N) is 2. The third kappa shape index (κ3) is 3.64. The molecule has 8 nitrogen and oxygen atoms in total. The van der Waals surface area contributed by atoms with Crippen LogP contribution in [0.3, 0.4) is 0 Å². The first-order valence-electron chi connectivity index (χ1n) is 7.97. The third-order valence-electron chi connectivity index (χ3n) is 4.19. The molecule has 2 aromatic carbocycles. The number of non-ortho nitro benzene ring substituents is 1. The summed E-state index contributed by atoms with van der Waals surface area (Å²) in [5, 5.41) is 13.7. The Bertz CT molecular complexity index is 867. The number of nitrogens with one attached hydrogen (secondary N) is 1. The molecule has 1 saturated heterocycles. The minimum atomic E-state index is -0.534. The number of ether oxygens (including phenoxy) is 1. The molecule has 1 fully saturated rings. The van der Waals surface area contributed by atoms with E-state index in [9.17, 15) is 19.7 Å². The van der Waals surface area contributed by atoms with Crippen LogP contribution in [0.5, 0.6) is 5.75 Å². The summed E-state index contributed by atoms with van der Waals surface area (Å²) in [6, 6.07) is 12.8. The Balaban J connectivity index is 1.71. The molecule has 8 heteroatoms. The van der Waals surface area contributed by atoms with Crippen LogP contribution in [0.15, 0.2) is 48.5 Å². The number of amides is 2. The second kappa shape index (κ2) is 7.22. The number of nitro benzene ring substituents is 1. The fourth-order valence-corrected chi connectivity index (χ4v) is 2.85. The first-order valence-corrected chi connectivity index (χ1v) is 7.97. The minimum absolute atomic E-state index is 0.0541. The van der Waals surface area contributed by atoms with Gasteiger partial charge in [-0.1, -0.05) is 12.1 Å². The van der Waals surface area contributed by atoms with Crippen molar-refractivity contribution in [3.8, 4) is 5.75 Å². The van der Waals surface area contributed by atoms with Crippen LogP contribution in [0, 0.1) is 16.0 Å². The summed E-state index contributed by atoms with van der Waals surface area (Å²) in [6.07, 6.45) is 0.0541. The summed E-state index contributed by atoms with van der Waals surface area (Å²) in [7, 11) is 1.54. The summed E-state index contributed by atoms with van der Waals surface area (Å²) >= 11 is 0. The van der Waals surface area contributed by atoms with Gasteiger partial charge in [0.1, 0.15) is 5.75 Å². The van der Waals surface area contributed by atoms with E-state index in [0.29, 0.717) is 17.1 Å². The molecule has 1 atom stereocenters. The molecule has 0 unspecified atom stereocenters. The van der Waals surface area contributed by atoms with E-state index in [-0.39, 0.29) is 30.5 Å². The zero-order chi connectivity index (χ0) is 18.7. The average Bonchev–Trinajstić information content (AvgIpc) is 3.04. The molecule has 1 aliphatic rings. The maximum absolute atomic E-state index is 12.5. The lowest BCUT2D eigenvalue weighted by Crippen LogP contribution is -2.28. The summed E-state index contributed by atoms with van der Waals surface area (Å²) < 4.78 is 5.12. The Kier molecular flexibility index (Phi) is 4.83. The second-order valence-corrected chi connectivity index (χ2v) is 5.90. The molecular formula is C18H17N3O5. The van der Waals surface area contributed by atoms with Gasteiger partial charge in [-0.15, -0.1) is 0 Å². The average molecular weight is 355 g/mol. The van der Waals surface area contributed by atoms with Crippen molar-refractivity contribution < 1.29 is 19.2 Å². The van der Waals surface area contributed by atoms with E-state index in [0.717, 1.165) is 0 Å². The Morgan fingerprint density at radius 3 is 2.77 bits per heavy atom. The van der Waals surface area contributed by atoms with Crippen molar-refractivity contribution in [2.45, 2.75) is 6.42 Å². The van der Waals surface area contributed by atoms with E-state index in [2.05, 4.69) is 5.32 Å². The number of rotatable bonds is 5. The highest BCUT2D eigenvalue weighted by Gasteiger charge is 2.35. The van der Waals surface area contributed by atoms with Gasteiger partial charge in [0.05, 0.1) is 23.6 Å². The minimum Gasteiger partial charge on any atom is -0.497 e. The molecule has 1 N–H and O–H groups in total. The molecule has 1 aliphatic heterocycles. The monoisotopic (exact) mass is 355 g/mol. The maximum atomic E-state index is 12.5. The van der Waals surface area contributed by atoms with E-state index < -0.39 is 10.8 Å². The van der Waals surface area contributed by atoms with E-state index in [1.165, 1.54) is 30.2 Å². The lowest BCUT2D eigenvalue weighted by atomic mass is 10.1. The normalized spacial score (nSPS) is 16.4. The van der Waals surface area contributed by atoms with E-state index >= 15 is 0 Å². The van der Waals surface area contributed by atoms with Gasteiger partial charge in [-0.05, 0) is 18.2 Å². The van der Waals surface area contributed by atoms with Crippen LogP contribution in [-0.4, -0.2) is 30.4 Å². The highest BCUT2D eigenvalue weighted by Crippen LogP contribution is 2.28. The molecule has 3 rings (SSSR count). The van der Waals surface area contributed by atoms with Crippen molar-refractivity contribution >= 4 is 28.9 Å². The molecule has 134 valence electrons. The van der Waals surface area contributed by atoms with Crippen LogP contribution in [0.2, 0.25) is 0 Å². The summed E-state index contributed by atoms with van der Waals surface area (Å²) in [4.78, 5) is 36.5. The predicted molar refractivity (Wildman–Crippen MR) is 95.2 cm³/mol.